The van der Waals surface area contributed by atoms with E-state index < -0.39 is 153 Å². The zero-order chi connectivity index (χ0) is 113. The van der Waals surface area contributed by atoms with E-state index in [1.165, 1.54) is 50.6 Å². The lowest BCUT2D eigenvalue weighted by atomic mass is 9.90. The number of alkyl carbamates (subject to hydrolysis) is 4. The highest BCUT2D eigenvalue weighted by Crippen LogP contribution is 2.36. The molecule has 838 valence electrons. The summed E-state index contributed by atoms with van der Waals surface area (Å²) in [6.45, 7) is 40.6. The third-order valence-electron chi connectivity index (χ3n) is 20.0. The molecule has 0 aromatic heterocycles. The second-order valence-electron chi connectivity index (χ2n) is 43.8. The van der Waals surface area contributed by atoms with Crippen LogP contribution in [-0.4, -0.2) is 308 Å². The molecule has 0 bridgehead atoms. The van der Waals surface area contributed by atoms with Gasteiger partial charge in [0.2, 0.25) is 23.8 Å². The van der Waals surface area contributed by atoms with Gasteiger partial charge < -0.3 is 129 Å². The molecule has 150 heavy (non-hydrogen) atoms. The molecule has 14 amide bonds. The Hall–Kier alpha value is -14.0. The van der Waals surface area contributed by atoms with Crippen molar-refractivity contribution in [1.29, 1.82) is 0 Å². The molecule has 0 heterocycles. The maximum atomic E-state index is 15.0. The number of hydrogen-bond acceptors (Lipinski definition) is 30. The highest BCUT2D eigenvalue weighted by Gasteiger charge is 2.35. The number of ether oxygens (including phenoxy) is 14. The lowest BCUT2D eigenvalue weighted by Crippen LogP contribution is -2.44. The van der Waals surface area contributed by atoms with Crippen LogP contribution in [0.5, 0.6) is 34.5 Å². The van der Waals surface area contributed by atoms with Crippen molar-refractivity contribution in [3.8, 4) is 34.5 Å². The summed E-state index contributed by atoms with van der Waals surface area (Å²) in [4.78, 5) is 211. The van der Waals surface area contributed by atoms with Gasteiger partial charge >= 0.3 is 48.7 Å². The molecule has 14 N–H and O–H groups in total. The monoisotopic (exact) mass is 2120 g/mol. The summed E-state index contributed by atoms with van der Waals surface area (Å²) in [7, 11) is 10.0. The molecule has 0 radical (unpaired) electrons. The molecular formula is C102H162N20O28. The number of guanidine groups is 4. The summed E-state index contributed by atoms with van der Waals surface area (Å²) >= 11 is 0. The van der Waals surface area contributed by atoms with Crippen molar-refractivity contribution in [2.24, 2.45) is 20.0 Å². The minimum absolute atomic E-state index is 0.00225. The second kappa shape index (κ2) is 58.3. The van der Waals surface area contributed by atoms with Gasteiger partial charge in [-0.1, -0.05) is 0 Å². The summed E-state index contributed by atoms with van der Waals surface area (Å²) in [5, 5.41) is 39.6. The van der Waals surface area contributed by atoms with Crippen LogP contribution in [0.15, 0.2) is 56.4 Å². The maximum Gasteiger partial charge on any atom is 0.437 e. The molecule has 0 spiro atoms. The van der Waals surface area contributed by atoms with Crippen molar-refractivity contribution < 1.29 is 133 Å². The Balaban J connectivity index is 1.41. The fourth-order valence-corrected chi connectivity index (χ4v) is 13.8. The summed E-state index contributed by atoms with van der Waals surface area (Å²) < 4.78 is 80.1. The highest BCUT2D eigenvalue weighted by atomic mass is 16.6. The molecule has 48 nitrogen and oxygen atoms in total. The molecule has 48 heteroatoms. The van der Waals surface area contributed by atoms with Crippen molar-refractivity contribution in [3.63, 3.8) is 0 Å². The number of carbonyl (C=O) groups is 14. The van der Waals surface area contributed by atoms with Crippen LogP contribution >= 0.6 is 0 Å². The number of nitrogens with one attached hydrogen (secondary N) is 14. The average Bonchev–Trinajstić information content (AvgIpc) is 0.803. The topological polar surface area (TPSA) is 593 Å². The number of benzene rings is 3. The van der Waals surface area contributed by atoms with Crippen LogP contribution in [0.3, 0.4) is 0 Å². The van der Waals surface area contributed by atoms with Gasteiger partial charge in [-0.25, -0.2) is 38.4 Å². The quantitative estimate of drug-likeness (QED) is 0.0110. The van der Waals surface area contributed by atoms with Gasteiger partial charge in [-0.3, -0.25) is 50.0 Å². The molecule has 0 atom stereocenters. The van der Waals surface area contributed by atoms with Crippen molar-refractivity contribution in [2.75, 3.05) is 121 Å². The Morgan fingerprint density at radius 2 is 0.447 bits per heavy atom. The van der Waals surface area contributed by atoms with Gasteiger partial charge in [0, 0.05) is 94.7 Å². The van der Waals surface area contributed by atoms with Gasteiger partial charge in [0.1, 0.15) is 79.3 Å². The predicted molar refractivity (Wildman–Crippen MR) is 561 cm³/mol. The Kier molecular flexibility index (Phi) is 49.1. The first kappa shape index (κ1) is 126. The molecule has 3 aromatic carbocycles. The summed E-state index contributed by atoms with van der Waals surface area (Å²) in [5.74, 6) is -4.60. The minimum Gasteiger partial charge on any atom is -0.496 e. The molecule has 2 aliphatic carbocycles. The second-order valence-corrected chi connectivity index (χ2v) is 43.8. The summed E-state index contributed by atoms with van der Waals surface area (Å²) in [6.07, 6.45) is -4.22. The molecule has 2 fully saturated rings. The molecule has 2 aliphatic rings. The third kappa shape index (κ3) is 51.8. The van der Waals surface area contributed by atoms with E-state index in [-0.39, 0.29) is 183 Å². The van der Waals surface area contributed by atoms with Gasteiger partial charge in [0.05, 0.1) is 74.0 Å². The van der Waals surface area contributed by atoms with Crippen LogP contribution < -0.4 is 103 Å². The van der Waals surface area contributed by atoms with Crippen molar-refractivity contribution in [3.05, 3.63) is 69.8 Å². The Morgan fingerprint density at radius 1 is 0.260 bits per heavy atom. The zero-order valence-corrected chi connectivity index (χ0v) is 92.9. The lowest BCUT2D eigenvalue weighted by Gasteiger charge is -2.30. The van der Waals surface area contributed by atoms with E-state index in [0.717, 1.165) is 0 Å². The number of rotatable bonds is 38. The van der Waals surface area contributed by atoms with Gasteiger partial charge in [0.25, 0.3) is 35.4 Å². The van der Waals surface area contributed by atoms with Crippen LogP contribution in [0.25, 0.3) is 0 Å². The number of aliphatic imine (C=N–C) groups is 4. The number of amides is 14. The number of methoxy groups -OCH3 is 2. The first-order valence-corrected chi connectivity index (χ1v) is 50.0. The zero-order valence-electron chi connectivity index (χ0n) is 92.9. The Morgan fingerprint density at radius 3 is 0.633 bits per heavy atom. The lowest BCUT2D eigenvalue weighted by molar-refractivity contribution is 0.0542. The molecule has 2 saturated carbocycles. The highest BCUT2D eigenvalue weighted by molar-refractivity contribution is 6.07. The van der Waals surface area contributed by atoms with E-state index in [9.17, 15) is 67.1 Å². The molecule has 0 aliphatic heterocycles. The summed E-state index contributed by atoms with van der Waals surface area (Å²) in [5.41, 5.74) is -7.55. The number of hydrogen-bond donors (Lipinski definition) is 14. The van der Waals surface area contributed by atoms with E-state index >= 15 is 0 Å². The fourth-order valence-electron chi connectivity index (χ4n) is 13.8. The average molecular weight is 2120 g/mol. The standard InChI is InChI=1S/C102H162N20O28/c1-95(2,3)143-87(129)113-83(114-88(130)144-96(4,5)6)105-43-31-51-139-73-59-75(141-53-33-45-107-85(117-91(133)147-99(13,14)15)118-92(134)148-100(16,17)18)69(56-67(73)77(123)103-47-49-121(25)26)81(127)111-63-39-35-61(36-40-63)109-79(125)65-55-66(72(138-30)58-71(65)137-29)80(126)110-62-37-41-64(42-38-62)112-82(128)70-57-68(78(124)104-48-50-122(27)28)74(140-52-32-44-106-84(115-89(131)145-97(7,8)9)116-90(132)146-98(10,11)12)60-76(70)142-54-34-46-108-86(119-93(135)149-101(19,20)21)120-94(136)150-102(22,23)24/h55-64H,31-54H2,1-30H3,(H,103,123)(H,104,124)(H,109,125)(H,110,126)(H,111,127)(H,112,128)(H2,105,113,114,129,130)(H2,106,115,116,131,132)(H2,107,117,118,133,134)(H2,108,119,120,135,136). The smallest absolute Gasteiger partial charge is 0.437 e. The fraction of sp³-hybridized carbons (Fsp3) is 0.647. The van der Waals surface area contributed by atoms with Gasteiger partial charge in [-0.15, -0.1) is 20.0 Å². The number of likely N-dealkylation sites (N-methyl/N-ethyl adjacent to an activating group) is 2. The minimum atomic E-state index is -1.01. The Bertz CT molecular complexity index is 4910. The molecule has 5 rings (SSSR count). The van der Waals surface area contributed by atoms with Crippen molar-refractivity contribution in [1.82, 2.24) is 84.2 Å². The molecule has 0 unspecified atom stereocenters. The van der Waals surface area contributed by atoms with Crippen LogP contribution in [-0.2, 0) is 37.9 Å². The van der Waals surface area contributed by atoms with Crippen molar-refractivity contribution in [2.45, 2.75) is 312 Å². The normalized spacial score (nSPS) is 15.5. The molecule has 3 aromatic rings. The van der Waals surface area contributed by atoms with Gasteiger partial charge in [0.15, 0.2) is 0 Å². The maximum absolute atomic E-state index is 15.0. The van der Waals surface area contributed by atoms with Gasteiger partial charge in [-0.2, -0.15) is 0 Å². The molecular weight excluding hydrogens is 1950 g/mol. The number of nitrogens with zero attached hydrogens (tertiary/aromatic N) is 6. The Labute approximate surface area is 879 Å². The number of carbonyl (C=O) groups excluding carboxylic acids is 14. The van der Waals surface area contributed by atoms with E-state index in [1.54, 1.807) is 166 Å². The van der Waals surface area contributed by atoms with Crippen LogP contribution in [0, 0.1) is 0 Å². The van der Waals surface area contributed by atoms with E-state index in [4.69, 9.17) is 66.3 Å². The van der Waals surface area contributed by atoms with E-state index in [1.807, 2.05) is 38.0 Å². The largest absolute Gasteiger partial charge is 0.496 e. The molecule has 0 saturated heterocycles. The van der Waals surface area contributed by atoms with E-state index in [2.05, 4.69) is 94.4 Å². The first-order chi connectivity index (χ1) is 69.6. The summed E-state index contributed by atoms with van der Waals surface area (Å²) in [6, 6.07) is 6.48. The first-order valence-electron chi connectivity index (χ1n) is 50.0. The third-order valence-corrected chi connectivity index (χ3v) is 20.0. The van der Waals surface area contributed by atoms with Gasteiger partial charge in [-0.05, 0) is 290 Å². The van der Waals surface area contributed by atoms with E-state index in [0.29, 0.717) is 64.5 Å². The predicted octanol–water partition coefficient (Wildman–Crippen LogP) is 11.9. The van der Waals surface area contributed by atoms with Crippen LogP contribution in [0.4, 0.5) is 38.4 Å². The van der Waals surface area contributed by atoms with Crippen molar-refractivity contribution >= 4 is 108 Å². The SMILES string of the molecule is COc1cc(OC)c(C(=O)NC2CCC(NC(=O)c3cc(C(=O)NCCN(C)C)c(OCCCN/C(=N/C(=O)OC(C)(C)C)NC(=O)OC(C)(C)C)cc3OCCCN/C(=N\C(=O)OC(C)(C)C)NC(=O)OC(C)(C)C)CC2)cc1C(=O)NC1CCC(NC(=O)c2cc(C(=O)NCCN(C)C)c(OCCCN/C(=N\C(=O)OC(C)(C)C)NC(=O)OC(C)(C)C)cc2OCCCN/C(=N/C(=O)OC(C)(C)C)NC(=O)OC(C)(C)C)CC1. The van der Waals surface area contributed by atoms with Crippen LogP contribution in [0.1, 0.15) is 305 Å². The van der Waals surface area contributed by atoms with Crippen LogP contribution in [0.2, 0.25) is 0 Å².